The van der Waals surface area contributed by atoms with Crippen LogP contribution in [0.3, 0.4) is 0 Å². The van der Waals surface area contributed by atoms with Crippen LogP contribution < -0.4 is 10.1 Å². The van der Waals surface area contributed by atoms with E-state index in [2.05, 4.69) is 5.32 Å². The Balaban J connectivity index is 2.06. The van der Waals surface area contributed by atoms with Gasteiger partial charge in [0.2, 0.25) is 5.91 Å². The molecule has 0 radical (unpaired) electrons. The van der Waals surface area contributed by atoms with Crippen molar-refractivity contribution in [3.05, 3.63) is 29.3 Å². The van der Waals surface area contributed by atoms with Gasteiger partial charge in [0.25, 0.3) is 5.91 Å². The molecule has 1 heterocycles. The van der Waals surface area contributed by atoms with E-state index in [1.807, 2.05) is 0 Å². The van der Waals surface area contributed by atoms with Crippen LogP contribution >= 0.6 is 11.6 Å². The van der Waals surface area contributed by atoms with E-state index in [1.165, 1.54) is 4.90 Å². The Labute approximate surface area is 122 Å². The average Bonchev–Trinajstić information content (AvgIpc) is 2.40. The molecule has 1 aliphatic heterocycles. The maximum Gasteiger partial charge on any atom is 0.266 e. The smallest absolute Gasteiger partial charge is 0.266 e. The monoisotopic (exact) mass is 296 g/mol. The van der Waals surface area contributed by atoms with Crippen molar-refractivity contribution < 1.29 is 14.3 Å². The van der Waals surface area contributed by atoms with Gasteiger partial charge in [-0.25, -0.2) is 0 Å². The molecule has 1 aromatic rings. The lowest BCUT2D eigenvalue weighted by molar-refractivity contribution is -0.149. The van der Waals surface area contributed by atoms with Crippen LogP contribution in [0, 0.1) is 0 Å². The summed E-state index contributed by atoms with van der Waals surface area (Å²) in [7, 11) is 0. The molecule has 0 saturated carbocycles. The number of ether oxygens (including phenoxy) is 1. The summed E-state index contributed by atoms with van der Waals surface area (Å²) in [6, 6.07) is 6.82. The largest absolute Gasteiger partial charge is 0.478 e. The van der Waals surface area contributed by atoms with Crippen molar-refractivity contribution in [2.45, 2.75) is 19.4 Å². The van der Waals surface area contributed by atoms with Crippen molar-refractivity contribution in [3.63, 3.8) is 0 Å². The van der Waals surface area contributed by atoms with E-state index in [-0.39, 0.29) is 18.4 Å². The normalized spacial score (nSPS) is 15.8. The van der Waals surface area contributed by atoms with Gasteiger partial charge in [-0.3, -0.25) is 9.59 Å². The van der Waals surface area contributed by atoms with Gasteiger partial charge < -0.3 is 15.0 Å². The number of piperazine rings is 1. The van der Waals surface area contributed by atoms with Crippen molar-refractivity contribution >= 4 is 23.4 Å². The molecule has 1 N–H and O–H groups in total. The van der Waals surface area contributed by atoms with Crippen molar-refractivity contribution in [2.24, 2.45) is 0 Å². The van der Waals surface area contributed by atoms with Crippen molar-refractivity contribution in [1.29, 1.82) is 0 Å². The van der Waals surface area contributed by atoms with Crippen LogP contribution in [-0.2, 0) is 9.59 Å². The zero-order valence-electron chi connectivity index (χ0n) is 11.5. The summed E-state index contributed by atoms with van der Waals surface area (Å²) in [6.45, 7) is 4.43. The molecule has 0 bridgehead atoms. The molecule has 1 aliphatic rings. The van der Waals surface area contributed by atoms with Crippen LogP contribution in [-0.4, -0.2) is 41.9 Å². The van der Waals surface area contributed by atoms with E-state index >= 15 is 0 Å². The van der Waals surface area contributed by atoms with Gasteiger partial charge in [0.15, 0.2) is 5.60 Å². The predicted molar refractivity (Wildman–Crippen MR) is 75.7 cm³/mol. The molecule has 5 nitrogen and oxygen atoms in total. The molecule has 2 rings (SSSR count). The van der Waals surface area contributed by atoms with E-state index in [0.717, 1.165) is 0 Å². The predicted octanol–water partition coefficient (Wildman–Crippen LogP) is 1.46. The Hall–Kier alpha value is -1.75. The second-order valence-corrected chi connectivity index (χ2v) is 5.58. The second-order valence-electron chi connectivity index (χ2n) is 5.14. The first-order chi connectivity index (χ1) is 9.38. The molecule has 1 saturated heterocycles. The highest BCUT2D eigenvalue weighted by Gasteiger charge is 2.36. The molecule has 1 aromatic carbocycles. The van der Waals surface area contributed by atoms with E-state index < -0.39 is 5.60 Å². The summed E-state index contributed by atoms with van der Waals surface area (Å²) in [5.41, 5.74) is -1.04. The minimum absolute atomic E-state index is 0.0756. The van der Waals surface area contributed by atoms with E-state index in [1.54, 1.807) is 38.1 Å². The topological polar surface area (TPSA) is 58.6 Å². The third-order valence-electron chi connectivity index (χ3n) is 3.03. The van der Waals surface area contributed by atoms with Crippen LogP contribution in [0.5, 0.6) is 5.75 Å². The Morgan fingerprint density at radius 2 is 2.00 bits per heavy atom. The fraction of sp³-hybridized carbons (Fsp3) is 0.429. The van der Waals surface area contributed by atoms with Crippen LogP contribution in [0.4, 0.5) is 0 Å². The molecule has 2 amide bonds. The molecule has 0 aliphatic carbocycles. The van der Waals surface area contributed by atoms with E-state index in [0.29, 0.717) is 23.9 Å². The van der Waals surface area contributed by atoms with Gasteiger partial charge in [-0.2, -0.15) is 0 Å². The molecule has 0 aromatic heterocycles. The van der Waals surface area contributed by atoms with Crippen LogP contribution in [0.2, 0.25) is 5.02 Å². The first-order valence-electron chi connectivity index (χ1n) is 6.39. The first-order valence-corrected chi connectivity index (χ1v) is 6.77. The molecule has 108 valence electrons. The van der Waals surface area contributed by atoms with Crippen molar-refractivity contribution in [1.82, 2.24) is 10.2 Å². The van der Waals surface area contributed by atoms with Crippen molar-refractivity contribution in [3.8, 4) is 5.75 Å². The number of hydrogen-bond donors (Lipinski definition) is 1. The lowest BCUT2D eigenvalue weighted by Gasteiger charge is -2.34. The van der Waals surface area contributed by atoms with E-state index in [9.17, 15) is 9.59 Å². The fourth-order valence-electron chi connectivity index (χ4n) is 2.03. The number of rotatable bonds is 3. The van der Waals surface area contributed by atoms with Gasteiger partial charge in [0.05, 0.1) is 6.54 Å². The number of halogens is 1. The zero-order valence-corrected chi connectivity index (χ0v) is 12.2. The van der Waals surface area contributed by atoms with Gasteiger partial charge in [-0.05, 0) is 38.1 Å². The molecule has 0 spiro atoms. The first kappa shape index (κ1) is 14.7. The second kappa shape index (κ2) is 5.71. The Morgan fingerprint density at radius 1 is 1.35 bits per heavy atom. The van der Waals surface area contributed by atoms with Gasteiger partial charge in [0, 0.05) is 18.1 Å². The number of hydrogen-bond acceptors (Lipinski definition) is 3. The third kappa shape index (κ3) is 3.42. The number of nitrogens with zero attached hydrogens (tertiary/aromatic N) is 1. The molecule has 0 atom stereocenters. The summed E-state index contributed by atoms with van der Waals surface area (Å²) in [4.78, 5) is 25.3. The third-order valence-corrected chi connectivity index (χ3v) is 3.28. The SMILES string of the molecule is CC(C)(Oc1ccc(Cl)cc1)C(=O)N1CCNC(=O)C1. The number of carbonyl (C=O) groups is 2. The quantitative estimate of drug-likeness (QED) is 0.918. The minimum atomic E-state index is -1.04. The molecule has 0 unspecified atom stereocenters. The lowest BCUT2D eigenvalue weighted by Crippen LogP contribution is -2.56. The maximum absolute atomic E-state index is 12.4. The number of amides is 2. The minimum Gasteiger partial charge on any atom is -0.478 e. The number of carbonyl (C=O) groups excluding carboxylic acids is 2. The lowest BCUT2D eigenvalue weighted by atomic mass is 10.1. The molecular formula is C14H17ClN2O3. The van der Waals surface area contributed by atoms with Crippen LogP contribution in [0.1, 0.15) is 13.8 Å². The summed E-state index contributed by atoms with van der Waals surface area (Å²) in [5.74, 6) is 0.211. The molecular weight excluding hydrogens is 280 g/mol. The average molecular weight is 297 g/mol. The van der Waals surface area contributed by atoms with Gasteiger partial charge >= 0.3 is 0 Å². The highest BCUT2D eigenvalue weighted by Crippen LogP contribution is 2.22. The maximum atomic E-state index is 12.4. The Morgan fingerprint density at radius 3 is 2.60 bits per heavy atom. The molecule has 1 fully saturated rings. The Bertz CT molecular complexity index is 514. The highest BCUT2D eigenvalue weighted by molar-refractivity contribution is 6.30. The number of nitrogens with one attached hydrogen (secondary N) is 1. The molecule has 20 heavy (non-hydrogen) atoms. The summed E-state index contributed by atoms with van der Waals surface area (Å²) < 4.78 is 5.73. The Kier molecular flexibility index (Phi) is 4.18. The van der Waals surface area contributed by atoms with E-state index in [4.69, 9.17) is 16.3 Å². The van der Waals surface area contributed by atoms with Gasteiger partial charge in [-0.15, -0.1) is 0 Å². The molecule has 6 heteroatoms. The van der Waals surface area contributed by atoms with Crippen LogP contribution in [0.25, 0.3) is 0 Å². The zero-order chi connectivity index (χ0) is 14.8. The summed E-state index contributed by atoms with van der Waals surface area (Å²) >= 11 is 5.81. The van der Waals surface area contributed by atoms with Crippen molar-refractivity contribution in [2.75, 3.05) is 19.6 Å². The van der Waals surface area contributed by atoms with Gasteiger partial charge in [0.1, 0.15) is 5.75 Å². The van der Waals surface area contributed by atoms with Crippen LogP contribution in [0.15, 0.2) is 24.3 Å². The number of benzene rings is 1. The van der Waals surface area contributed by atoms with Gasteiger partial charge in [-0.1, -0.05) is 11.6 Å². The summed E-state index contributed by atoms with van der Waals surface area (Å²) in [6.07, 6.45) is 0. The standard InChI is InChI=1S/C14H17ClN2O3/c1-14(2,20-11-5-3-10(15)4-6-11)13(19)17-8-7-16-12(18)9-17/h3-6H,7-9H2,1-2H3,(H,16,18). The fourth-order valence-corrected chi connectivity index (χ4v) is 2.16. The highest BCUT2D eigenvalue weighted by atomic mass is 35.5. The summed E-state index contributed by atoms with van der Waals surface area (Å²) in [5, 5.41) is 3.29.